The highest BCUT2D eigenvalue weighted by atomic mass is 16.2. The molecule has 3 unspecified atom stereocenters. The fourth-order valence-electron chi connectivity index (χ4n) is 3.99. The predicted molar refractivity (Wildman–Crippen MR) is 95.9 cm³/mol. The number of carbonyl (C=O) groups excluding carboxylic acids is 1. The predicted octanol–water partition coefficient (Wildman–Crippen LogP) is 1.65. The van der Waals surface area contributed by atoms with Crippen LogP contribution < -0.4 is 10.9 Å². The third kappa shape index (κ3) is 3.32. The second-order valence-electron chi connectivity index (χ2n) is 7.03. The highest BCUT2D eigenvalue weighted by Crippen LogP contribution is 2.26. The summed E-state index contributed by atoms with van der Waals surface area (Å²) < 4.78 is 1.84. The van der Waals surface area contributed by atoms with Gasteiger partial charge in [0.25, 0.3) is 5.91 Å². The number of aromatic nitrogens is 2. The van der Waals surface area contributed by atoms with Crippen LogP contribution in [-0.2, 0) is 6.54 Å². The monoisotopic (exact) mass is 339 g/mol. The molecule has 6 heteroatoms. The molecule has 1 aromatic carbocycles. The van der Waals surface area contributed by atoms with E-state index < -0.39 is 0 Å². The standard InChI is InChI=1S/C19H25N5O/c1-2-17-16-13-23(9-8-18(16)22-21-17)19(25)15-10-20-24(12-15)11-14-6-4-3-5-7-14/h3-7,10,12,16-18,21-22H,2,8-9,11,13H2,1H3. The molecule has 2 fully saturated rings. The Balaban J connectivity index is 1.43. The molecule has 0 aliphatic carbocycles. The van der Waals surface area contributed by atoms with E-state index in [-0.39, 0.29) is 5.91 Å². The van der Waals surface area contributed by atoms with E-state index in [1.54, 1.807) is 6.20 Å². The van der Waals surface area contributed by atoms with E-state index >= 15 is 0 Å². The number of rotatable bonds is 4. The summed E-state index contributed by atoms with van der Waals surface area (Å²) in [6.07, 6.45) is 5.63. The summed E-state index contributed by atoms with van der Waals surface area (Å²) in [6.45, 7) is 4.49. The Hall–Kier alpha value is -2.18. The van der Waals surface area contributed by atoms with Gasteiger partial charge in [-0.15, -0.1) is 0 Å². The first kappa shape index (κ1) is 16.3. The average molecular weight is 339 g/mol. The smallest absolute Gasteiger partial charge is 0.257 e. The van der Waals surface area contributed by atoms with Crippen molar-refractivity contribution in [2.75, 3.05) is 13.1 Å². The number of hydrogen-bond acceptors (Lipinski definition) is 4. The van der Waals surface area contributed by atoms with Gasteiger partial charge in [-0.3, -0.25) is 20.3 Å². The Morgan fingerprint density at radius 2 is 2.12 bits per heavy atom. The van der Waals surface area contributed by atoms with Gasteiger partial charge in [0, 0.05) is 37.3 Å². The SMILES string of the molecule is CCC1NNC2CCN(C(=O)c3cnn(Cc4ccccc4)c3)CC12. The van der Waals surface area contributed by atoms with Gasteiger partial charge >= 0.3 is 0 Å². The minimum absolute atomic E-state index is 0.0968. The summed E-state index contributed by atoms with van der Waals surface area (Å²) in [5.74, 6) is 0.585. The molecule has 0 spiro atoms. The molecule has 0 radical (unpaired) electrons. The molecule has 3 atom stereocenters. The Kier molecular flexibility index (Phi) is 4.55. The third-order valence-corrected chi connectivity index (χ3v) is 5.42. The zero-order valence-electron chi connectivity index (χ0n) is 14.6. The van der Waals surface area contributed by atoms with Crippen LogP contribution in [0.4, 0.5) is 0 Å². The highest BCUT2D eigenvalue weighted by molar-refractivity contribution is 5.93. The second-order valence-corrected chi connectivity index (χ2v) is 7.03. The Morgan fingerprint density at radius 3 is 2.92 bits per heavy atom. The summed E-state index contributed by atoms with van der Waals surface area (Å²) in [5, 5.41) is 4.37. The van der Waals surface area contributed by atoms with Crippen molar-refractivity contribution in [2.45, 2.75) is 38.4 Å². The lowest BCUT2D eigenvalue weighted by Crippen LogP contribution is -2.48. The van der Waals surface area contributed by atoms with Crippen LogP contribution in [0.3, 0.4) is 0 Å². The van der Waals surface area contributed by atoms with Crippen molar-refractivity contribution in [2.24, 2.45) is 5.92 Å². The first-order valence-electron chi connectivity index (χ1n) is 9.11. The second kappa shape index (κ2) is 6.98. The molecule has 3 heterocycles. The van der Waals surface area contributed by atoms with Gasteiger partial charge in [0.05, 0.1) is 18.3 Å². The third-order valence-electron chi connectivity index (χ3n) is 5.42. The summed E-state index contributed by atoms with van der Waals surface area (Å²) in [4.78, 5) is 14.9. The summed E-state index contributed by atoms with van der Waals surface area (Å²) in [7, 11) is 0. The number of amides is 1. The van der Waals surface area contributed by atoms with Crippen molar-refractivity contribution in [3.05, 3.63) is 53.9 Å². The number of benzene rings is 1. The topological polar surface area (TPSA) is 62.2 Å². The molecule has 2 N–H and O–H groups in total. The van der Waals surface area contributed by atoms with Crippen molar-refractivity contribution >= 4 is 5.91 Å². The number of fused-ring (bicyclic) bond motifs is 1. The quantitative estimate of drug-likeness (QED) is 0.889. The van der Waals surface area contributed by atoms with Crippen LogP contribution in [0.15, 0.2) is 42.7 Å². The first-order chi connectivity index (χ1) is 12.2. The van der Waals surface area contributed by atoms with Crippen molar-refractivity contribution in [1.82, 2.24) is 25.5 Å². The highest BCUT2D eigenvalue weighted by Gasteiger charge is 2.40. The zero-order valence-corrected chi connectivity index (χ0v) is 14.6. The number of nitrogens with zero attached hydrogens (tertiary/aromatic N) is 3. The maximum Gasteiger partial charge on any atom is 0.257 e. The molecule has 4 rings (SSSR count). The number of nitrogens with one attached hydrogen (secondary N) is 2. The number of likely N-dealkylation sites (tertiary alicyclic amines) is 1. The van der Waals surface area contributed by atoms with Crippen LogP contribution in [0, 0.1) is 5.92 Å². The molecule has 2 aliphatic rings. The molecule has 0 saturated carbocycles. The van der Waals surface area contributed by atoms with Crippen LogP contribution in [0.2, 0.25) is 0 Å². The van der Waals surface area contributed by atoms with E-state index in [0.717, 1.165) is 25.9 Å². The van der Waals surface area contributed by atoms with Crippen molar-refractivity contribution in [3.8, 4) is 0 Å². The molecular weight excluding hydrogens is 314 g/mol. The lowest BCUT2D eigenvalue weighted by Gasteiger charge is -2.35. The van der Waals surface area contributed by atoms with Crippen molar-refractivity contribution in [3.63, 3.8) is 0 Å². The molecule has 2 saturated heterocycles. The lowest BCUT2D eigenvalue weighted by atomic mass is 9.87. The van der Waals surface area contributed by atoms with E-state index in [4.69, 9.17) is 0 Å². The first-order valence-corrected chi connectivity index (χ1v) is 9.11. The average Bonchev–Trinajstić information content (AvgIpc) is 3.28. The fourth-order valence-corrected chi connectivity index (χ4v) is 3.99. The molecule has 1 aromatic heterocycles. The van der Waals surface area contributed by atoms with E-state index in [1.165, 1.54) is 5.56 Å². The van der Waals surface area contributed by atoms with Crippen LogP contribution in [0.1, 0.15) is 35.7 Å². The Bertz CT molecular complexity index is 722. The van der Waals surface area contributed by atoms with E-state index in [9.17, 15) is 4.79 Å². The van der Waals surface area contributed by atoms with E-state index in [2.05, 4.69) is 35.0 Å². The van der Waals surface area contributed by atoms with Gasteiger partial charge in [0.2, 0.25) is 0 Å². The van der Waals surface area contributed by atoms with Crippen LogP contribution in [-0.4, -0.2) is 45.8 Å². The summed E-state index contributed by atoms with van der Waals surface area (Å²) in [6, 6.07) is 11.1. The maximum absolute atomic E-state index is 12.9. The summed E-state index contributed by atoms with van der Waals surface area (Å²) >= 11 is 0. The van der Waals surface area contributed by atoms with E-state index in [1.807, 2.05) is 34.0 Å². The van der Waals surface area contributed by atoms with Gasteiger partial charge in [-0.05, 0) is 18.4 Å². The summed E-state index contributed by atoms with van der Waals surface area (Å²) in [5.41, 5.74) is 8.62. The Morgan fingerprint density at radius 1 is 1.28 bits per heavy atom. The van der Waals surface area contributed by atoms with Gasteiger partial charge in [-0.2, -0.15) is 5.10 Å². The van der Waals surface area contributed by atoms with Gasteiger partial charge < -0.3 is 4.90 Å². The molecule has 132 valence electrons. The van der Waals surface area contributed by atoms with Crippen molar-refractivity contribution < 1.29 is 4.79 Å². The molecule has 2 aromatic rings. The number of hydrazine groups is 1. The van der Waals surface area contributed by atoms with E-state index in [0.29, 0.717) is 30.1 Å². The number of piperidine rings is 1. The molecule has 0 bridgehead atoms. The van der Waals surface area contributed by atoms with Gasteiger partial charge in [-0.25, -0.2) is 0 Å². The lowest BCUT2D eigenvalue weighted by molar-refractivity contribution is 0.0652. The van der Waals surface area contributed by atoms with Crippen molar-refractivity contribution in [1.29, 1.82) is 0 Å². The minimum Gasteiger partial charge on any atom is -0.338 e. The normalized spacial score (nSPS) is 25.8. The minimum atomic E-state index is 0.0968. The molecule has 6 nitrogen and oxygen atoms in total. The molecule has 25 heavy (non-hydrogen) atoms. The maximum atomic E-state index is 12.9. The largest absolute Gasteiger partial charge is 0.338 e. The van der Waals surface area contributed by atoms with Gasteiger partial charge in [-0.1, -0.05) is 37.3 Å². The molecular formula is C19H25N5O. The number of carbonyl (C=O) groups is 1. The van der Waals surface area contributed by atoms with Crippen LogP contribution in [0.25, 0.3) is 0 Å². The van der Waals surface area contributed by atoms with Gasteiger partial charge in [0.15, 0.2) is 0 Å². The zero-order chi connectivity index (χ0) is 17.2. The number of hydrogen-bond donors (Lipinski definition) is 2. The van der Waals surface area contributed by atoms with Gasteiger partial charge in [0.1, 0.15) is 0 Å². The fraction of sp³-hybridized carbons (Fsp3) is 0.474. The van der Waals surface area contributed by atoms with Crippen LogP contribution >= 0.6 is 0 Å². The van der Waals surface area contributed by atoms with Crippen LogP contribution in [0.5, 0.6) is 0 Å². The molecule has 2 aliphatic heterocycles. The Labute approximate surface area is 148 Å². The molecule has 1 amide bonds.